The summed E-state index contributed by atoms with van der Waals surface area (Å²) in [4.78, 5) is 18.5. The SMILES string of the molecule is CC(C)(C)OC(=O)N1[C@H]2CC[C@@H]1C(c1cnc([18F])c(-c3ccc(F)cc3)c1)C2. The van der Waals surface area contributed by atoms with Gasteiger partial charge in [-0.3, -0.25) is 0 Å². The molecule has 4 nitrogen and oxygen atoms in total. The molecule has 1 aromatic carbocycles. The smallest absolute Gasteiger partial charge is 0.410 e. The molecule has 148 valence electrons. The number of halogens is 2. The Kier molecular flexibility index (Phi) is 4.60. The summed E-state index contributed by atoms with van der Waals surface area (Å²) in [6, 6.07) is 7.68. The molecule has 2 aliphatic rings. The van der Waals surface area contributed by atoms with Crippen LogP contribution in [0.2, 0.25) is 0 Å². The fourth-order valence-electron chi connectivity index (χ4n) is 4.45. The van der Waals surface area contributed by atoms with Crippen molar-refractivity contribution < 1.29 is 18.3 Å². The molecule has 4 rings (SSSR count). The van der Waals surface area contributed by atoms with Crippen molar-refractivity contribution in [1.29, 1.82) is 0 Å². The molecule has 1 unspecified atom stereocenters. The fraction of sp³-hybridized carbons (Fsp3) is 0.455. The van der Waals surface area contributed by atoms with Gasteiger partial charge in [0.25, 0.3) is 0 Å². The lowest BCUT2D eigenvalue weighted by Gasteiger charge is -2.28. The number of aromatic nitrogens is 1. The number of nitrogens with zero attached hydrogens (tertiary/aromatic N) is 2. The first-order valence-corrected chi connectivity index (χ1v) is 9.65. The summed E-state index contributed by atoms with van der Waals surface area (Å²) in [5.41, 5.74) is 1.30. The van der Waals surface area contributed by atoms with Crippen LogP contribution in [0, 0.1) is 11.8 Å². The van der Waals surface area contributed by atoms with E-state index in [2.05, 4.69) is 4.98 Å². The highest BCUT2D eigenvalue weighted by molar-refractivity contribution is 5.70. The predicted molar refractivity (Wildman–Crippen MR) is 102 cm³/mol. The molecule has 2 aliphatic heterocycles. The van der Waals surface area contributed by atoms with Gasteiger partial charge < -0.3 is 9.64 Å². The van der Waals surface area contributed by atoms with Gasteiger partial charge in [0.05, 0.1) is 0 Å². The predicted octanol–water partition coefficient (Wildman–Crippen LogP) is 5.28. The molecule has 2 fully saturated rings. The van der Waals surface area contributed by atoms with E-state index in [1.807, 2.05) is 25.7 Å². The second-order valence-corrected chi connectivity index (χ2v) is 8.64. The van der Waals surface area contributed by atoms with E-state index in [1.165, 1.54) is 12.1 Å². The summed E-state index contributed by atoms with van der Waals surface area (Å²) in [5.74, 6) is -0.851. The first kappa shape index (κ1) is 18.8. The van der Waals surface area contributed by atoms with Crippen LogP contribution in [0.1, 0.15) is 51.5 Å². The number of hydrogen-bond acceptors (Lipinski definition) is 3. The topological polar surface area (TPSA) is 42.4 Å². The van der Waals surface area contributed by atoms with Gasteiger partial charge in [0.15, 0.2) is 0 Å². The van der Waals surface area contributed by atoms with E-state index in [9.17, 15) is 13.6 Å². The molecule has 0 aliphatic carbocycles. The van der Waals surface area contributed by atoms with Crippen molar-refractivity contribution in [2.45, 2.75) is 63.6 Å². The first-order valence-electron chi connectivity index (χ1n) is 9.65. The van der Waals surface area contributed by atoms with Crippen LogP contribution in [-0.4, -0.2) is 33.7 Å². The quantitative estimate of drug-likeness (QED) is 0.661. The largest absolute Gasteiger partial charge is 0.444 e. The van der Waals surface area contributed by atoms with E-state index in [0.29, 0.717) is 11.1 Å². The van der Waals surface area contributed by atoms with Crippen LogP contribution in [0.4, 0.5) is 13.6 Å². The van der Waals surface area contributed by atoms with Gasteiger partial charge in [-0.2, -0.15) is 4.39 Å². The van der Waals surface area contributed by atoms with Crippen LogP contribution in [-0.2, 0) is 4.74 Å². The zero-order chi connectivity index (χ0) is 20.1. The number of rotatable bonds is 2. The van der Waals surface area contributed by atoms with Crippen molar-refractivity contribution >= 4 is 6.09 Å². The molecular formula is C22H24F2N2O2. The molecule has 6 heteroatoms. The molecule has 2 aromatic rings. The number of hydrogen-bond donors (Lipinski definition) is 0. The third-order valence-electron chi connectivity index (χ3n) is 5.58. The molecule has 1 aromatic heterocycles. The molecule has 28 heavy (non-hydrogen) atoms. The summed E-state index contributed by atoms with van der Waals surface area (Å²) in [6.07, 6.45) is 3.95. The Morgan fingerprint density at radius 1 is 1.18 bits per heavy atom. The first-order chi connectivity index (χ1) is 13.2. The van der Waals surface area contributed by atoms with Crippen LogP contribution < -0.4 is 0 Å². The van der Waals surface area contributed by atoms with Gasteiger partial charge in [0.1, 0.15) is 11.4 Å². The van der Waals surface area contributed by atoms with Crippen LogP contribution in [0.3, 0.4) is 0 Å². The summed E-state index contributed by atoms with van der Waals surface area (Å²) in [6.45, 7) is 5.58. The molecule has 0 radical (unpaired) electrons. The van der Waals surface area contributed by atoms with Gasteiger partial charge in [-0.25, -0.2) is 14.2 Å². The zero-order valence-electron chi connectivity index (χ0n) is 16.3. The summed E-state index contributed by atoms with van der Waals surface area (Å²) < 4.78 is 33.1. The third-order valence-corrected chi connectivity index (χ3v) is 5.58. The highest BCUT2D eigenvalue weighted by atomic mass is 19.1. The van der Waals surface area contributed by atoms with Crippen molar-refractivity contribution in [2.24, 2.45) is 0 Å². The van der Waals surface area contributed by atoms with E-state index in [1.54, 1.807) is 24.4 Å². The number of fused-ring (bicyclic) bond motifs is 2. The van der Waals surface area contributed by atoms with E-state index in [4.69, 9.17) is 4.74 Å². The average molecular weight is 385 g/mol. The molecule has 2 saturated heterocycles. The lowest BCUT2D eigenvalue weighted by molar-refractivity contribution is 0.0213. The maximum atomic E-state index is 14.3. The van der Waals surface area contributed by atoms with E-state index in [0.717, 1.165) is 24.8 Å². The molecule has 0 saturated carbocycles. The second-order valence-electron chi connectivity index (χ2n) is 8.64. The number of carbonyl (C=O) groups excluding carboxylic acids is 1. The van der Waals surface area contributed by atoms with E-state index in [-0.39, 0.29) is 29.9 Å². The maximum Gasteiger partial charge on any atom is 0.410 e. The summed E-state index contributed by atoms with van der Waals surface area (Å²) >= 11 is 0. The Hall–Kier alpha value is -2.50. The van der Waals surface area contributed by atoms with Crippen molar-refractivity contribution in [3.63, 3.8) is 0 Å². The van der Waals surface area contributed by atoms with Crippen LogP contribution >= 0.6 is 0 Å². The van der Waals surface area contributed by atoms with Crippen molar-refractivity contribution in [3.05, 3.63) is 53.9 Å². The lowest BCUT2D eigenvalue weighted by Crippen LogP contribution is -2.40. The molecule has 1 amide bonds. The minimum absolute atomic E-state index is 0.0354. The number of pyridine rings is 1. The Labute approximate surface area is 163 Å². The fourth-order valence-corrected chi connectivity index (χ4v) is 4.45. The Balaban J connectivity index is 1.61. The molecule has 3 atom stereocenters. The molecular weight excluding hydrogens is 361 g/mol. The van der Waals surface area contributed by atoms with Gasteiger partial charge in [-0.1, -0.05) is 12.1 Å². The van der Waals surface area contributed by atoms with Crippen molar-refractivity contribution in [2.75, 3.05) is 0 Å². The standard InChI is InChI=1S/C22H24F2N2O2/c1-22(2,3)28-21(27)26-16-8-9-19(26)17(11-16)14-10-18(20(24)25-12-14)13-4-6-15(23)7-5-13/h4-7,10,12,16-17,19H,8-9,11H2,1-3H3/t16-,17?,19+/m0/s1/i24-1. The van der Waals surface area contributed by atoms with E-state index < -0.39 is 11.5 Å². The monoisotopic (exact) mass is 385 g/mol. The second kappa shape index (κ2) is 6.83. The van der Waals surface area contributed by atoms with Gasteiger partial charge in [0.2, 0.25) is 5.95 Å². The Morgan fingerprint density at radius 3 is 2.57 bits per heavy atom. The maximum absolute atomic E-state index is 14.3. The Bertz CT molecular complexity index is 892. The zero-order valence-corrected chi connectivity index (χ0v) is 16.3. The van der Waals surface area contributed by atoms with Gasteiger partial charge in [0, 0.05) is 29.8 Å². The highest BCUT2D eigenvalue weighted by Crippen LogP contribution is 2.47. The minimum atomic E-state index is -0.581. The molecule has 0 N–H and O–H groups in total. The summed E-state index contributed by atoms with van der Waals surface area (Å²) in [5, 5.41) is 0. The highest BCUT2D eigenvalue weighted by Gasteiger charge is 2.50. The van der Waals surface area contributed by atoms with Crippen LogP contribution in [0.25, 0.3) is 11.1 Å². The van der Waals surface area contributed by atoms with Gasteiger partial charge >= 0.3 is 6.09 Å². The average Bonchev–Trinajstić information content (AvgIpc) is 3.20. The van der Waals surface area contributed by atoms with Gasteiger partial charge in [-0.15, -0.1) is 0 Å². The molecule has 3 heterocycles. The minimum Gasteiger partial charge on any atom is -0.444 e. The normalized spacial score (nSPS) is 23.9. The number of ether oxygens (including phenoxy) is 1. The van der Waals surface area contributed by atoms with Crippen LogP contribution in [0.5, 0.6) is 0 Å². The third kappa shape index (κ3) is 3.48. The summed E-state index contributed by atoms with van der Waals surface area (Å²) in [7, 11) is 0. The number of benzene rings is 1. The van der Waals surface area contributed by atoms with E-state index >= 15 is 0 Å². The number of carbonyl (C=O) groups is 1. The Morgan fingerprint density at radius 2 is 1.89 bits per heavy atom. The van der Waals surface area contributed by atoms with Crippen molar-refractivity contribution in [1.82, 2.24) is 9.88 Å². The molecule has 2 bridgehead atoms. The lowest BCUT2D eigenvalue weighted by atomic mass is 9.84. The van der Waals surface area contributed by atoms with Crippen molar-refractivity contribution in [3.8, 4) is 11.1 Å². The van der Waals surface area contributed by atoms with Gasteiger partial charge in [-0.05, 0) is 69.4 Å². The van der Waals surface area contributed by atoms with Crippen LogP contribution in [0.15, 0.2) is 36.5 Å². The number of amides is 1. The molecule has 0 spiro atoms.